The average Bonchev–Trinajstić information content (AvgIpc) is 2.36. The molecule has 1 rings (SSSR count). The van der Waals surface area contributed by atoms with E-state index in [-0.39, 0.29) is 18.0 Å². The van der Waals surface area contributed by atoms with Crippen molar-refractivity contribution < 1.29 is 18.7 Å². The van der Waals surface area contributed by atoms with Crippen LogP contribution in [-0.4, -0.2) is 36.6 Å². The average molecular weight is 273 g/mol. The molecule has 0 heterocycles. The number of aliphatic hydroxyl groups is 1. The van der Waals surface area contributed by atoms with Crippen LogP contribution in [-0.2, 0) is 0 Å². The highest BCUT2D eigenvalue weighted by atomic mass is 19.3. The highest BCUT2D eigenvalue weighted by Gasteiger charge is 2.18. The van der Waals surface area contributed by atoms with E-state index in [1.54, 1.807) is 13.0 Å². The normalized spacial score (nSPS) is 12.3. The Morgan fingerprint density at radius 3 is 2.74 bits per heavy atom. The van der Waals surface area contributed by atoms with E-state index in [0.717, 1.165) is 0 Å². The molecular weight excluding hydrogens is 256 g/mol. The number of hydrogen-bond acceptors (Lipinski definition) is 4. The van der Waals surface area contributed by atoms with Crippen molar-refractivity contribution in [3.05, 3.63) is 23.8 Å². The first-order chi connectivity index (χ1) is 8.95. The lowest BCUT2D eigenvalue weighted by Gasteiger charge is -2.15. The Morgan fingerprint density at radius 1 is 1.47 bits per heavy atom. The molecule has 0 radical (unpaired) electrons. The van der Waals surface area contributed by atoms with Crippen LogP contribution in [0.2, 0.25) is 0 Å². The second-order valence-electron chi connectivity index (χ2n) is 3.95. The molecule has 0 saturated heterocycles. The smallest absolute Gasteiger partial charge is 0.265 e. The third-order valence-corrected chi connectivity index (χ3v) is 2.42. The van der Waals surface area contributed by atoms with Gasteiger partial charge in [-0.15, -0.1) is 0 Å². The number of anilines is 2. The minimum absolute atomic E-state index is 0.289. The summed E-state index contributed by atoms with van der Waals surface area (Å²) in [6, 6.07) is 4.50. The van der Waals surface area contributed by atoms with E-state index >= 15 is 0 Å². The first-order valence-corrected chi connectivity index (χ1v) is 5.83. The number of amides is 1. The van der Waals surface area contributed by atoms with Crippen molar-refractivity contribution in [1.29, 1.82) is 0 Å². The number of hydrogen-bond donors (Lipinski definition) is 4. The number of benzene rings is 1. The van der Waals surface area contributed by atoms with Gasteiger partial charge in [-0.05, 0) is 25.1 Å². The molecule has 0 spiro atoms. The second-order valence-corrected chi connectivity index (χ2v) is 3.95. The van der Waals surface area contributed by atoms with Crippen molar-refractivity contribution in [1.82, 2.24) is 5.32 Å². The van der Waals surface area contributed by atoms with Crippen LogP contribution in [0.5, 0.6) is 0 Å². The molecular formula is C12H17F2N3O2. The predicted octanol–water partition coefficient (Wildman–Crippen LogP) is 1.06. The van der Waals surface area contributed by atoms with E-state index in [1.165, 1.54) is 12.1 Å². The van der Waals surface area contributed by atoms with Gasteiger partial charge in [0.25, 0.3) is 12.3 Å². The molecule has 7 heteroatoms. The van der Waals surface area contributed by atoms with Crippen molar-refractivity contribution in [2.75, 3.05) is 24.1 Å². The lowest BCUT2D eigenvalue weighted by Crippen LogP contribution is -2.29. The first-order valence-electron chi connectivity index (χ1n) is 5.83. The van der Waals surface area contributed by atoms with Crippen LogP contribution in [0.15, 0.2) is 18.2 Å². The Kier molecular flexibility index (Phi) is 5.50. The molecule has 0 aromatic heterocycles. The van der Waals surface area contributed by atoms with E-state index in [4.69, 9.17) is 10.8 Å². The quantitative estimate of drug-likeness (QED) is 0.584. The molecule has 5 nitrogen and oxygen atoms in total. The summed E-state index contributed by atoms with van der Waals surface area (Å²) in [7, 11) is 0. The van der Waals surface area contributed by atoms with Gasteiger partial charge < -0.3 is 21.5 Å². The third kappa shape index (κ3) is 4.36. The van der Waals surface area contributed by atoms with Crippen LogP contribution in [0.25, 0.3) is 0 Å². The van der Waals surface area contributed by atoms with Gasteiger partial charge in [-0.2, -0.15) is 0 Å². The van der Waals surface area contributed by atoms with Gasteiger partial charge in [0.05, 0.1) is 5.56 Å². The third-order valence-electron chi connectivity index (χ3n) is 2.42. The summed E-state index contributed by atoms with van der Waals surface area (Å²) in [4.78, 5) is 11.8. The SMILES string of the molecule is CCNC(=O)c1ccc(N)cc1NCC(O)C(F)F. The molecule has 106 valence electrons. The number of nitrogens with two attached hydrogens (primary N) is 1. The van der Waals surface area contributed by atoms with Crippen LogP contribution < -0.4 is 16.4 Å². The largest absolute Gasteiger partial charge is 0.399 e. The summed E-state index contributed by atoms with van der Waals surface area (Å²) >= 11 is 0. The molecule has 0 aliphatic carbocycles. The number of rotatable bonds is 6. The standard InChI is InChI=1S/C12H17F2N3O2/c1-2-16-12(19)8-4-3-7(15)5-9(8)17-6-10(18)11(13)14/h3-5,10-11,17-18H,2,6,15H2,1H3,(H,16,19). The molecule has 1 unspecified atom stereocenters. The van der Waals surface area contributed by atoms with Gasteiger partial charge in [0.1, 0.15) is 6.10 Å². The zero-order valence-electron chi connectivity index (χ0n) is 10.5. The topological polar surface area (TPSA) is 87.4 Å². The van der Waals surface area contributed by atoms with Crippen LogP contribution in [0.3, 0.4) is 0 Å². The minimum atomic E-state index is -2.85. The number of alkyl halides is 2. The molecule has 1 atom stereocenters. The van der Waals surface area contributed by atoms with Crippen molar-refractivity contribution in [2.45, 2.75) is 19.5 Å². The highest BCUT2D eigenvalue weighted by Crippen LogP contribution is 2.19. The molecule has 1 aromatic rings. The van der Waals surface area contributed by atoms with Crippen LogP contribution in [0, 0.1) is 0 Å². The number of carbonyl (C=O) groups excluding carboxylic acids is 1. The molecule has 19 heavy (non-hydrogen) atoms. The van der Waals surface area contributed by atoms with Gasteiger partial charge in [-0.1, -0.05) is 0 Å². The van der Waals surface area contributed by atoms with Crippen molar-refractivity contribution in [3.63, 3.8) is 0 Å². The summed E-state index contributed by atoms with van der Waals surface area (Å²) in [5, 5.41) is 14.3. The first kappa shape index (κ1) is 15.2. The fraction of sp³-hybridized carbons (Fsp3) is 0.417. The van der Waals surface area contributed by atoms with Gasteiger partial charge in [0.15, 0.2) is 0 Å². The molecule has 0 saturated carbocycles. The molecule has 1 amide bonds. The Balaban J connectivity index is 2.85. The second kappa shape index (κ2) is 6.89. The maximum absolute atomic E-state index is 12.2. The molecule has 0 aliphatic rings. The Morgan fingerprint density at radius 2 is 2.16 bits per heavy atom. The lowest BCUT2D eigenvalue weighted by molar-refractivity contribution is 0.00384. The predicted molar refractivity (Wildman–Crippen MR) is 69.4 cm³/mol. The van der Waals surface area contributed by atoms with E-state index in [1.807, 2.05) is 0 Å². The van der Waals surface area contributed by atoms with Gasteiger partial charge in [-0.25, -0.2) is 8.78 Å². The Bertz CT molecular complexity index is 441. The number of aliphatic hydroxyl groups excluding tert-OH is 1. The zero-order valence-corrected chi connectivity index (χ0v) is 10.5. The van der Waals surface area contributed by atoms with Crippen molar-refractivity contribution in [2.24, 2.45) is 0 Å². The monoisotopic (exact) mass is 273 g/mol. The van der Waals surface area contributed by atoms with E-state index in [0.29, 0.717) is 17.9 Å². The molecule has 0 bridgehead atoms. The van der Waals surface area contributed by atoms with Crippen LogP contribution in [0.4, 0.5) is 20.2 Å². The Hall–Kier alpha value is -1.89. The molecule has 0 aliphatic heterocycles. The maximum Gasteiger partial charge on any atom is 0.265 e. The summed E-state index contributed by atoms with van der Waals surface area (Å²) in [5.74, 6) is -0.337. The summed E-state index contributed by atoms with van der Waals surface area (Å²) < 4.78 is 24.4. The molecule has 1 aromatic carbocycles. The number of carbonyl (C=O) groups is 1. The summed E-state index contributed by atoms with van der Waals surface area (Å²) in [5.41, 5.74) is 6.58. The fourth-order valence-corrected chi connectivity index (χ4v) is 1.47. The highest BCUT2D eigenvalue weighted by molar-refractivity contribution is 6.00. The minimum Gasteiger partial charge on any atom is -0.399 e. The summed E-state index contributed by atoms with van der Waals surface area (Å²) in [6.45, 7) is 1.85. The number of halogens is 2. The van der Waals surface area contributed by atoms with E-state index in [2.05, 4.69) is 10.6 Å². The van der Waals surface area contributed by atoms with Crippen LogP contribution in [0.1, 0.15) is 17.3 Å². The number of nitrogens with one attached hydrogen (secondary N) is 2. The zero-order chi connectivity index (χ0) is 14.4. The molecule has 5 N–H and O–H groups in total. The van der Waals surface area contributed by atoms with Gasteiger partial charge in [0, 0.05) is 24.5 Å². The van der Waals surface area contributed by atoms with Crippen LogP contribution >= 0.6 is 0 Å². The van der Waals surface area contributed by atoms with Gasteiger partial charge in [-0.3, -0.25) is 4.79 Å². The van der Waals surface area contributed by atoms with Gasteiger partial charge in [0.2, 0.25) is 0 Å². The van der Waals surface area contributed by atoms with E-state index in [9.17, 15) is 13.6 Å². The molecule has 0 fully saturated rings. The van der Waals surface area contributed by atoms with Gasteiger partial charge >= 0.3 is 0 Å². The lowest BCUT2D eigenvalue weighted by atomic mass is 10.1. The maximum atomic E-state index is 12.2. The Labute approximate surface area is 109 Å². The fourth-order valence-electron chi connectivity index (χ4n) is 1.47. The summed E-state index contributed by atoms with van der Waals surface area (Å²) in [6.07, 6.45) is -4.65. The van der Waals surface area contributed by atoms with E-state index < -0.39 is 12.5 Å². The number of nitrogen functional groups attached to an aromatic ring is 1. The van der Waals surface area contributed by atoms with Crippen molar-refractivity contribution >= 4 is 17.3 Å². The van der Waals surface area contributed by atoms with Crippen molar-refractivity contribution in [3.8, 4) is 0 Å².